The van der Waals surface area contributed by atoms with Gasteiger partial charge in [0.25, 0.3) is 5.91 Å². The molecule has 2 N–H and O–H groups in total. The van der Waals surface area contributed by atoms with E-state index in [9.17, 15) is 24.0 Å². The second-order valence-corrected chi connectivity index (χ2v) is 12.9. The Morgan fingerprint density at radius 3 is 2.10 bits per heavy atom. The van der Waals surface area contributed by atoms with Gasteiger partial charge in [-0.2, -0.15) is 0 Å². The summed E-state index contributed by atoms with van der Waals surface area (Å²) in [7, 11) is 3.83. The molecule has 2 aliphatic rings. The Hall–Kier alpha value is -3.43. The molecule has 0 aliphatic carbocycles. The summed E-state index contributed by atoms with van der Waals surface area (Å²) in [6, 6.07) is 4.38. The van der Waals surface area contributed by atoms with Crippen LogP contribution in [0, 0.1) is 11.3 Å². The van der Waals surface area contributed by atoms with Crippen molar-refractivity contribution < 1.29 is 24.0 Å². The first-order valence-corrected chi connectivity index (χ1v) is 14.1. The summed E-state index contributed by atoms with van der Waals surface area (Å²) in [5, 5.41) is 5.66. The number of amides is 4. The predicted molar refractivity (Wildman–Crippen MR) is 154 cm³/mol. The topological polar surface area (TPSA) is 119 Å². The lowest BCUT2D eigenvalue weighted by Crippen LogP contribution is -2.53. The molecule has 4 amide bonds. The van der Waals surface area contributed by atoms with Crippen LogP contribution < -0.4 is 15.5 Å². The van der Waals surface area contributed by atoms with Crippen molar-refractivity contribution in [3.8, 4) is 0 Å². The Labute approximate surface area is 237 Å². The van der Waals surface area contributed by atoms with Gasteiger partial charge in [0.15, 0.2) is 5.78 Å². The van der Waals surface area contributed by atoms with Crippen molar-refractivity contribution in [3.63, 3.8) is 0 Å². The molecule has 40 heavy (non-hydrogen) atoms. The zero-order chi connectivity index (χ0) is 29.9. The molecule has 0 bridgehead atoms. The van der Waals surface area contributed by atoms with Crippen LogP contribution in [0.3, 0.4) is 0 Å². The van der Waals surface area contributed by atoms with E-state index in [0.717, 1.165) is 5.69 Å². The van der Waals surface area contributed by atoms with Crippen LogP contribution in [0.4, 0.5) is 5.69 Å². The molecule has 4 atom stereocenters. The molecule has 3 rings (SSSR count). The minimum Gasteiger partial charge on any atom is -0.378 e. The fraction of sp³-hybridized carbons (Fsp3) is 0.633. The third kappa shape index (κ3) is 7.40. The average Bonchev–Trinajstić information content (AvgIpc) is 3.42. The lowest BCUT2D eigenvalue weighted by Gasteiger charge is -2.31. The van der Waals surface area contributed by atoms with Crippen LogP contribution in [-0.4, -0.2) is 90.6 Å². The number of likely N-dealkylation sites (tertiary alicyclic amines) is 2. The summed E-state index contributed by atoms with van der Waals surface area (Å²) in [6.07, 6.45) is 1.31. The van der Waals surface area contributed by atoms with Gasteiger partial charge in [-0.1, -0.05) is 34.6 Å². The predicted octanol–water partition coefficient (Wildman–Crippen LogP) is 2.22. The van der Waals surface area contributed by atoms with Crippen molar-refractivity contribution in [2.75, 3.05) is 32.1 Å². The van der Waals surface area contributed by atoms with Crippen LogP contribution in [0.5, 0.6) is 0 Å². The fourth-order valence-corrected chi connectivity index (χ4v) is 5.66. The number of rotatable bonds is 9. The van der Waals surface area contributed by atoms with Gasteiger partial charge < -0.3 is 25.3 Å². The molecular formula is C30H45N5O5. The molecule has 2 saturated heterocycles. The van der Waals surface area contributed by atoms with E-state index in [1.807, 2.05) is 65.7 Å². The van der Waals surface area contributed by atoms with E-state index < -0.39 is 24.2 Å². The van der Waals surface area contributed by atoms with Gasteiger partial charge in [0.1, 0.15) is 18.1 Å². The number of benzene rings is 1. The van der Waals surface area contributed by atoms with Crippen LogP contribution in [0.25, 0.3) is 0 Å². The third-order valence-corrected chi connectivity index (χ3v) is 7.44. The largest absolute Gasteiger partial charge is 0.378 e. The molecular weight excluding hydrogens is 510 g/mol. The molecule has 0 spiro atoms. The summed E-state index contributed by atoms with van der Waals surface area (Å²) >= 11 is 0. The van der Waals surface area contributed by atoms with Gasteiger partial charge in [0.2, 0.25) is 17.7 Å². The van der Waals surface area contributed by atoms with E-state index in [1.165, 1.54) is 11.8 Å². The van der Waals surface area contributed by atoms with Crippen molar-refractivity contribution in [2.24, 2.45) is 11.3 Å². The maximum absolute atomic E-state index is 13.8. The van der Waals surface area contributed by atoms with Gasteiger partial charge >= 0.3 is 0 Å². The Morgan fingerprint density at radius 2 is 1.57 bits per heavy atom. The van der Waals surface area contributed by atoms with Gasteiger partial charge in [0, 0.05) is 38.8 Å². The number of hydrogen-bond donors (Lipinski definition) is 2. The Kier molecular flexibility index (Phi) is 9.64. The van der Waals surface area contributed by atoms with Crippen LogP contribution in [0.15, 0.2) is 24.3 Å². The van der Waals surface area contributed by atoms with Crippen molar-refractivity contribution >= 4 is 35.1 Å². The number of Topliss-reactive ketones (excluding diaryl/α,β-unsaturated/α-hetero) is 1. The molecule has 220 valence electrons. The minimum atomic E-state index is -0.801. The van der Waals surface area contributed by atoms with E-state index >= 15 is 0 Å². The van der Waals surface area contributed by atoms with E-state index in [2.05, 4.69) is 10.6 Å². The van der Waals surface area contributed by atoms with Crippen LogP contribution in [-0.2, 0) is 19.2 Å². The lowest BCUT2D eigenvalue weighted by atomic mass is 9.87. The van der Waals surface area contributed by atoms with Crippen molar-refractivity contribution in [1.82, 2.24) is 20.4 Å². The molecule has 2 fully saturated rings. The Bertz CT molecular complexity index is 1120. The van der Waals surface area contributed by atoms with E-state index in [4.69, 9.17) is 0 Å². The Balaban J connectivity index is 1.78. The number of hydrogen-bond acceptors (Lipinski definition) is 6. The molecule has 2 heterocycles. The number of ketones is 1. The van der Waals surface area contributed by atoms with Gasteiger partial charge in [-0.15, -0.1) is 0 Å². The average molecular weight is 556 g/mol. The number of nitrogens with zero attached hydrogens (tertiary/aromatic N) is 3. The summed E-state index contributed by atoms with van der Waals surface area (Å²) in [5.74, 6) is -1.34. The molecule has 0 aromatic heterocycles. The zero-order valence-corrected chi connectivity index (χ0v) is 25.1. The van der Waals surface area contributed by atoms with E-state index in [0.29, 0.717) is 31.4 Å². The van der Waals surface area contributed by atoms with Crippen LogP contribution in [0.2, 0.25) is 0 Å². The molecule has 4 unspecified atom stereocenters. The molecule has 10 heteroatoms. The number of carbonyl (C=O) groups excluding carboxylic acids is 5. The molecule has 0 saturated carbocycles. The highest BCUT2D eigenvalue weighted by Crippen LogP contribution is 2.32. The number of nitrogens with one attached hydrogen (secondary N) is 2. The highest BCUT2D eigenvalue weighted by molar-refractivity contribution is 6.01. The van der Waals surface area contributed by atoms with Crippen LogP contribution >= 0.6 is 0 Å². The van der Waals surface area contributed by atoms with Gasteiger partial charge in [-0.3, -0.25) is 24.0 Å². The number of carbonyl (C=O) groups is 5. The summed E-state index contributed by atoms with van der Waals surface area (Å²) in [5.41, 5.74) is 1.18. The summed E-state index contributed by atoms with van der Waals surface area (Å²) < 4.78 is 0. The number of fused-ring (bicyclic) bond motifs is 1. The van der Waals surface area contributed by atoms with Gasteiger partial charge in [-0.05, 0) is 54.9 Å². The zero-order valence-electron chi connectivity index (χ0n) is 25.1. The molecule has 10 nitrogen and oxygen atoms in total. The fourth-order valence-electron chi connectivity index (χ4n) is 5.66. The van der Waals surface area contributed by atoms with E-state index in [1.54, 1.807) is 17.0 Å². The van der Waals surface area contributed by atoms with Gasteiger partial charge in [0.05, 0.1) is 12.6 Å². The molecule has 1 aromatic rings. The second-order valence-electron chi connectivity index (χ2n) is 12.9. The highest BCUT2D eigenvalue weighted by Gasteiger charge is 2.53. The van der Waals surface area contributed by atoms with E-state index in [-0.39, 0.29) is 47.3 Å². The maximum atomic E-state index is 13.8. The molecule has 0 radical (unpaired) electrons. The first-order chi connectivity index (χ1) is 18.6. The monoisotopic (exact) mass is 555 g/mol. The Morgan fingerprint density at radius 1 is 0.975 bits per heavy atom. The lowest BCUT2D eigenvalue weighted by molar-refractivity contribution is -0.138. The van der Waals surface area contributed by atoms with Gasteiger partial charge in [-0.25, -0.2) is 0 Å². The normalized spacial score (nSPS) is 20.3. The first kappa shape index (κ1) is 31.1. The highest BCUT2D eigenvalue weighted by atomic mass is 16.2. The van der Waals surface area contributed by atoms with Crippen molar-refractivity contribution in [2.45, 2.75) is 85.0 Å². The minimum absolute atomic E-state index is 0.0996. The molecule has 1 aromatic carbocycles. The summed E-state index contributed by atoms with van der Waals surface area (Å²) in [6.45, 7) is 11.5. The first-order valence-electron chi connectivity index (χ1n) is 14.1. The van der Waals surface area contributed by atoms with Crippen LogP contribution in [0.1, 0.15) is 71.2 Å². The van der Waals surface area contributed by atoms with Crippen molar-refractivity contribution in [3.05, 3.63) is 29.8 Å². The SMILES string of the molecule is CC(=O)NC(CC(C)(C)C)C(=O)N1CC(=O)C2C1CCN2C(=O)C(CC(C)C)NC(=O)c1ccc(N(C)C)cc1. The smallest absolute Gasteiger partial charge is 0.251 e. The third-order valence-electron chi connectivity index (χ3n) is 7.44. The van der Waals surface area contributed by atoms with Crippen molar-refractivity contribution in [1.29, 1.82) is 0 Å². The maximum Gasteiger partial charge on any atom is 0.251 e. The quantitative estimate of drug-likeness (QED) is 0.482. The number of anilines is 1. The standard InChI is InChI=1S/C30H45N5O5/c1-18(2)15-22(32-27(38)20-9-11-21(12-10-20)33(7)8)28(39)34-14-13-24-26(34)25(37)17-35(24)29(40)23(31-19(3)36)16-30(4,5)6/h9-12,18,22-24,26H,13-17H2,1-8H3,(H,31,36)(H,32,38). The second kappa shape index (κ2) is 12.4. The molecule has 2 aliphatic heterocycles. The summed E-state index contributed by atoms with van der Waals surface area (Å²) in [4.78, 5) is 70.6.